The largest absolute Gasteiger partial charge is 0.458 e. The summed E-state index contributed by atoms with van der Waals surface area (Å²) < 4.78 is 10.3. The van der Waals surface area contributed by atoms with Gasteiger partial charge in [-0.15, -0.1) is 0 Å². The Bertz CT molecular complexity index is 794. The third-order valence-corrected chi connectivity index (χ3v) is 5.19. The SMILES string of the molecule is CN(Cc1ccc2nonc2c1)C(=O)C1CC(=O)OC12CCCC2. The van der Waals surface area contributed by atoms with Gasteiger partial charge < -0.3 is 9.64 Å². The molecule has 1 atom stereocenters. The van der Waals surface area contributed by atoms with E-state index in [1.54, 1.807) is 11.9 Å². The average Bonchev–Trinajstić information content (AvgIpc) is 3.27. The molecule has 2 aliphatic rings. The molecule has 2 heterocycles. The Morgan fingerprint density at radius 1 is 1.29 bits per heavy atom. The molecule has 7 heteroatoms. The monoisotopic (exact) mass is 329 g/mol. The van der Waals surface area contributed by atoms with Crippen LogP contribution in [0.1, 0.15) is 37.7 Å². The van der Waals surface area contributed by atoms with Crippen molar-refractivity contribution in [3.8, 4) is 0 Å². The first-order valence-electron chi connectivity index (χ1n) is 8.25. The molecular weight excluding hydrogens is 310 g/mol. The first-order valence-corrected chi connectivity index (χ1v) is 8.25. The number of amides is 1. The molecular formula is C17H19N3O4. The summed E-state index contributed by atoms with van der Waals surface area (Å²) in [6.07, 6.45) is 3.79. The van der Waals surface area contributed by atoms with Crippen LogP contribution in [-0.4, -0.2) is 39.7 Å². The second-order valence-corrected chi connectivity index (χ2v) is 6.78. The molecule has 1 aliphatic heterocycles. The fraction of sp³-hybridized carbons (Fsp3) is 0.529. The zero-order valence-corrected chi connectivity index (χ0v) is 13.5. The molecule has 0 radical (unpaired) electrons. The van der Waals surface area contributed by atoms with Gasteiger partial charge in [0.05, 0.1) is 12.3 Å². The first-order chi connectivity index (χ1) is 11.6. The number of aromatic nitrogens is 2. The van der Waals surface area contributed by atoms with Crippen LogP contribution < -0.4 is 0 Å². The van der Waals surface area contributed by atoms with Gasteiger partial charge >= 0.3 is 5.97 Å². The van der Waals surface area contributed by atoms with Crippen LogP contribution in [0.25, 0.3) is 11.0 Å². The predicted octanol–water partition coefficient (Wildman–Crippen LogP) is 2.06. The van der Waals surface area contributed by atoms with Gasteiger partial charge in [0.1, 0.15) is 16.6 Å². The van der Waals surface area contributed by atoms with Gasteiger partial charge in [-0.2, -0.15) is 0 Å². The molecule has 2 aromatic rings. The Labute approximate surface area is 138 Å². The van der Waals surface area contributed by atoms with Gasteiger partial charge in [0.25, 0.3) is 0 Å². The fourth-order valence-electron chi connectivity index (χ4n) is 3.97. The van der Waals surface area contributed by atoms with Gasteiger partial charge in [0.2, 0.25) is 5.91 Å². The number of carbonyl (C=O) groups excluding carboxylic acids is 2. The second kappa shape index (κ2) is 5.58. The number of rotatable bonds is 3. The zero-order valence-electron chi connectivity index (χ0n) is 13.5. The fourth-order valence-corrected chi connectivity index (χ4v) is 3.97. The van der Waals surface area contributed by atoms with Gasteiger partial charge in [0, 0.05) is 13.6 Å². The molecule has 7 nitrogen and oxygen atoms in total. The lowest BCUT2D eigenvalue weighted by Gasteiger charge is -2.31. The van der Waals surface area contributed by atoms with Gasteiger partial charge in [-0.25, -0.2) is 4.63 Å². The standard InChI is InChI=1S/C17H19N3O4/c1-20(10-11-4-5-13-14(8-11)19-24-18-13)16(22)12-9-15(21)23-17(12)6-2-3-7-17/h4-5,8,12H,2-3,6-7,9-10H2,1H3. The number of ether oxygens (including phenoxy) is 1. The topological polar surface area (TPSA) is 85.5 Å². The van der Waals surface area contributed by atoms with Crippen molar-refractivity contribution in [2.45, 2.75) is 44.2 Å². The lowest BCUT2D eigenvalue weighted by Crippen LogP contribution is -2.43. The van der Waals surface area contributed by atoms with Crippen molar-refractivity contribution in [1.82, 2.24) is 15.2 Å². The molecule has 2 fully saturated rings. The highest BCUT2D eigenvalue weighted by molar-refractivity contribution is 5.88. The van der Waals surface area contributed by atoms with Crippen LogP contribution in [0.15, 0.2) is 22.8 Å². The molecule has 1 aromatic heterocycles. The minimum absolute atomic E-state index is 0.0267. The number of benzene rings is 1. The number of esters is 1. The van der Waals surface area contributed by atoms with Gasteiger partial charge in [0.15, 0.2) is 0 Å². The van der Waals surface area contributed by atoms with Crippen molar-refractivity contribution in [2.75, 3.05) is 7.05 Å². The van der Waals surface area contributed by atoms with Crippen LogP contribution in [0.4, 0.5) is 0 Å². The van der Waals surface area contributed by atoms with E-state index in [9.17, 15) is 9.59 Å². The molecule has 24 heavy (non-hydrogen) atoms. The lowest BCUT2D eigenvalue weighted by molar-refractivity contribution is -0.151. The van der Waals surface area contributed by atoms with Crippen molar-refractivity contribution in [1.29, 1.82) is 0 Å². The number of hydrogen-bond donors (Lipinski definition) is 0. The average molecular weight is 329 g/mol. The zero-order chi connectivity index (χ0) is 16.7. The quantitative estimate of drug-likeness (QED) is 0.801. The summed E-state index contributed by atoms with van der Waals surface area (Å²) in [5.41, 5.74) is 1.73. The summed E-state index contributed by atoms with van der Waals surface area (Å²) in [6.45, 7) is 0.447. The summed E-state index contributed by atoms with van der Waals surface area (Å²) in [5, 5.41) is 7.60. The molecule has 0 bridgehead atoms. The first kappa shape index (κ1) is 15.1. The van der Waals surface area contributed by atoms with E-state index in [4.69, 9.17) is 9.37 Å². The van der Waals surface area contributed by atoms with Crippen molar-refractivity contribution in [3.63, 3.8) is 0 Å². The van der Waals surface area contributed by atoms with E-state index in [2.05, 4.69) is 10.3 Å². The number of nitrogens with zero attached hydrogens (tertiary/aromatic N) is 3. The second-order valence-electron chi connectivity index (χ2n) is 6.78. The molecule has 4 rings (SSSR count). The number of carbonyl (C=O) groups is 2. The minimum Gasteiger partial charge on any atom is -0.458 e. The molecule has 1 spiro atoms. The van der Waals surface area contributed by atoms with E-state index in [0.717, 1.165) is 31.2 Å². The van der Waals surface area contributed by atoms with E-state index in [1.165, 1.54) is 0 Å². The number of hydrogen-bond acceptors (Lipinski definition) is 6. The van der Waals surface area contributed by atoms with Crippen molar-refractivity contribution in [3.05, 3.63) is 23.8 Å². The van der Waals surface area contributed by atoms with E-state index >= 15 is 0 Å². The normalized spacial score (nSPS) is 22.2. The summed E-state index contributed by atoms with van der Waals surface area (Å²) in [6, 6.07) is 5.58. The Morgan fingerprint density at radius 2 is 2.04 bits per heavy atom. The maximum atomic E-state index is 12.9. The van der Waals surface area contributed by atoms with Crippen molar-refractivity contribution < 1.29 is 19.0 Å². The van der Waals surface area contributed by atoms with Crippen molar-refractivity contribution >= 4 is 22.9 Å². The Balaban J connectivity index is 1.51. The Hall–Kier alpha value is -2.44. The van der Waals surface area contributed by atoms with E-state index in [-0.39, 0.29) is 24.2 Å². The Morgan fingerprint density at radius 3 is 2.83 bits per heavy atom. The number of fused-ring (bicyclic) bond motifs is 1. The molecule has 1 saturated carbocycles. The summed E-state index contributed by atoms with van der Waals surface area (Å²) in [7, 11) is 1.76. The molecule has 1 aliphatic carbocycles. The third kappa shape index (κ3) is 2.44. The lowest BCUT2D eigenvalue weighted by atomic mass is 9.84. The molecule has 1 aromatic carbocycles. The van der Waals surface area contributed by atoms with E-state index in [1.807, 2.05) is 18.2 Å². The predicted molar refractivity (Wildman–Crippen MR) is 83.7 cm³/mol. The van der Waals surface area contributed by atoms with E-state index in [0.29, 0.717) is 17.6 Å². The van der Waals surface area contributed by atoms with Crippen LogP contribution in [0, 0.1) is 5.92 Å². The maximum Gasteiger partial charge on any atom is 0.307 e. The van der Waals surface area contributed by atoms with Crippen LogP contribution in [0.3, 0.4) is 0 Å². The van der Waals surface area contributed by atoms with Crippen LogP contribution in [0.2, 0.25) is 0 Å². The third-order valence-electron chi connectivity index (χ3n) is 5.19. The molecule has 1 saturated heterocycles. The van der Waals surface area contributed by atoms with Crippen LogP contribution in [-0.2, 0) is 20.9 Å². The molecule has 126 valence electrons. The highest BCUT2D eigenvalue weighted by Gasteiger charge is 2.54. The minimum atomic E-state index is -0.567. The van der Waals surface area contributed by atoms with Gasteiger partial charge in [-0.05, 0) is 53.7 Å². The van der Waals surface area contributed by atoms with E-state index < -0.39 is 5.60 Å². The van der Waals surface area contributed by atoms with Gasteiger partial charge in [-0.3, -0.25) is 9.59 Å². The Kier molecular flexibility index (Phi) is 3.51. The summed E-state index contributed by atoms with van der Waals surface area (Å²) >= 11 is 0. The maximum absolute atomic E-state index is 12.9. The van der Waals surface area contributed by atoms with Crippen molar-refractivity contribution in [2.24, 2.45) is 5.92 Å². The summed E-state index contributed by atoms with van der Waals surface area (Å²) in [5.74, 6) is -0.644. The molecule has 1 amide bonds. The summed E-state index contributed by atoms with van der Waals surface area (Å²) in [4.78, 5) is 26.4. The smallest absolute Gasteiger partial charge is 0.307 e. The highest BCUT2D eigenvalue weighted by Crippen LogP contribution is 2.46. The van der Waals surface area contributed by atoms with Gasteiger partial charge in [-0.1, -0.05) is 6.07 Å². The van der Waals surface area contributed by atoms with Crippen LogP contribution in [0.5, 0.6) is 0 Å². The highest BCUT2D eigenvalue weighted by atomic mass is 16.6. The molecule has 0 N–H and O–H groups in total. The molecule has 1 unspecified atom stereocenters. The van der Waals surface area contributed by atoms with Crippen LogP contribution >= 0.6 is 0 Å².